The Kier molecular flexibility index (Phi) is 7.08. The molecule has 2 fully saturated rings. The van der Waals surface area contributed by atoms with Crippen LogP contribution in [-0.2, 0) is 9.53 Å². The third-order valence-electron chi connectivity index (χ3n) is 5.65. The number of nitrogens with zero attached hydrogens (tertiary/aromatic N) is 2. The quantitative estimate of drug-likeness (QED) is 0.692. The topological polar surface area (TPSA) is 61.9 Å². The average Bonchev–Trinajstić information content (AvgIpc) is 2.62. The van der Waals surface area contributed by atoms with Crippen LogP contribution in [0.1, 0.15) is 47.0 Å². The van der Waals surface area contributed by atoms with Crippen molar-refractivity contribution >= 4 is 40.9 Å². The number of halogens is 2. The van der Waals surface area contributed by atoms with Crippen LogP contribution in [0, 0.1) is 5.92 Å². The van der Waals surface area contributed by atoms with Gasteiger partial charge in [-0.15, -0.1) is 0 Å². The lowest BCUT2D eigenvalue weighted by Gasteiger charge is -2.46. The molecule has 30 heavy (non-hydrogen) atoms. The molecule has 0 aliphatic carbocycles. The van der Waals surface area contributed by atoms with Crippen LogP contribution in [0.5, 0.6) is 0 Å². The summed E-state index contributed by atoms with van der Waals surface area (Å²) < 4.78 is 5.54. The van der Waals surface area contributed by atoms with Crippen LogP contribution >= 0.6 is 23.2 Å². The summed E-state index contributed by atoms with van der Waals surface area (Å²) in [5.41, 5.74) is 0.198. The minimum atomic E-state index is -0.538. The molecule has 0 saturated carbocycles. The number of likely N-dealkylation sites (tertiary alicyclic amines) is 2. The highest BCUT2D eigenvalue weighted by Gasteiger charge is 2.40. The molecule has 3 unspecified atom stereocenters. The Hall–Kier alpha value is -1.66. The number of nitrogens with one attached hydrogen (secondary N) is 1. The zero-order valence-electron chi connectivity index (χ0n) is 18.1. The summed E-state index contributed by atoms with van der Waals surface area (Å²) in [6, 6.07) is 4.85. The Bertz CT molecular complexity index is 776. The number of benzene rings is 1. The Balaban J connectivity index is 1.70. The van der Waals surface area contributed by atoms with Gasteiger partial charge in [-0.2, -0.15) is 0 Å². The second kappa shape index (κ2) is 9.23. The van der Waals surface area contributed by atoms with Gasteiger partial charge in [-0.1, -0.05) is 30.1 Å². The van der Waals surface area contributed by atoms with Crippen LogP contribution in [0.2, 0.25) is 10.0 Å². The van der Waals surface area contributed by atoms with Crippen molar-refractivity contribution in [2.75, 3.05) is 25.0 Å². The van der Waals surface area contributed by atoms with Crippen LogP contribution in [0.3, 0.4) is 0 Å². The van der Waals surface area contributed by atoms with E-state index >= 15 is 0 Å². The smallest absolute Gasteiger partial charge is 0.410 e. The molecule has 166 valence electrons. The van der Waals surface area contributed by atoms with E-state index in [0.29, 0.717) is 35.6 Å². The number of hydrogen-bond donors (Lipinski definition) is 1. The van der Waals surface area contributed by atoms with E-state index in [9.17, 15) is 9.59 Å². The number of amides is 2. The largest absolute Gasteiger partial charge is 0.444 e. The molecule has 0 spiro atoms. The van der Waals surface area contributed by atoms with E-state index < -0.39 is 5.60 Å². The van der Waals surface area contributed by atoms with Crippen molar-refractivity contribution in [2.45, 2.75) is 64.6 Å². The van der Waals surface area contributed by atoms with Gasteiger partial charge in [-0.05, 0) is 64.2 Å². The van der Waals surface area contributed by atoms with Gasteiger partial charge < -0.3 is 19.9 Å². The molecule has 2 aliphatic heterocycles. The normalized spacial score (nSPS) is 25.3. The van der Waals surface area contributed by atoms with Crippen LogP contribution in [0.25, 0.3) is 0 Å². The summed E-state index contributed by atoms with van der Waals surface area (Å²) in [4.78, 5) is 29.5. The molecule has 1 aromatic rings. The van der Waals surface area contributed by atoms with Crippen molar-refractivity contribution in [1.82, 2.24) is 9.80 Å². The summed E-state index contributed by atoms with van der Waals surface area (Å²) in [6.45, 7) is 9.59. The second-order valence-corrected chi connectivity index (χ2v) is 10.2. The molecular formula is C22H31Cl2N3O3. The van der Waals surface area contributed by atoms with Crippen molar-refractivity contribution in [3.05, 3.63) is 28.2 Å². The number of hydrogen-bond acceptors (Lipinski definition) is 4. The van der Waals surface area contributed by atoms with E-state index in [0.717, 1.165) is 24.9 Å². The molecule has 2 amide bonds. The lowest BCUT2D eigenvalue weighted by Crippen LogP contribution is -2.60. The highest BCUT2D eigenvalue weighted by Crippen LogP contribution is 2.29. The van der Waals surface area contributed by atoms with E-state index in [-0.39, 0.29) is 24.1 Å². The second-order valence-electron chi connectivity index (χ2n) is 9.29. The maximum atomic E-state index is 13.3. The summed E-state index contributed by atoms with van der Waals surface area (Å²) in [5, 5.41) is 4.35. The SMILES string of the molecule is CC1CCN(C(=O)OC(C)(C)C)CC1N1CCCC(Nc2cc(Cl)cc(Cl)c2)C1=O. The first-order valence-electron chi connectivity index (χ1n) is 10.5. The molecule has 3 rings (SSSR count). The van der Waals surface area contributed by atoms with E-state index in [1.54, 1.807) is 23.1 Å². The fourth-order valence-electron chi connectivity index (χ4n) is 4.15. The third-order valence-corrected chi connectivity index (χ3v) is 6.08. The van der Waals surface area contributed by atoms with E-state index in [2.05, 4.69) is 12.2 Å². The third kappa shape index (κ3) is 5.73. The number of rotatable bonds is 3. The number of ether oxygens (including phenoxy) is 1. The summed E-state index contributed by atoms with van der Waals surface area (Å²) in [7, 11) is 0. The van der Waals surface area contributed by atoms with Crippen molar-refractivity contribution in [3.63, 3.8) is 0 Å². The van der Waals surface area contributed by atoms with Crippen LogP contribution in [-0.4, -0.2) is 59.1 Å². The molecule has 1 aromatic carbocycles. The zero-order chi connectivity index (χ0) is 22.1. The highest BCUT2D eigenvalue weighted by atomic mass is 35.5. The van der Waals surface area contributed by atoms with E-state index in [1.165, 1.54) is 0 Å². The van der Waals surface area contributed by atoms with Gasteiger partial charge in [0.2, 0.25) is 5.91 Å². The standard InChI is InChI=1S/C22H31Cl2N3O3/c1-14-7-9-26(21(29)30-22(2,3)4)13-19(14)27-8-5-6-18(20(27)28)25-17-11-15(23)10-16(24)12-17/h10-12,14,18-19,25H,5-9,13H2,1-4H3. The van der Waals surface area contributed by atoms with Crippen LogP contribution < -0.4 is 5.32 Å². The monoisotopic (exact) mass is 455 g/mol. The first-order valence-corrected chi connectivity index (χ1v) is 11.3. The molecular weight excluding hydrogens is 425 g/mol. The number of carbonyl (C=O) groups is 2. The minimum Gasteiger partial charge on any atom is -0.444 e. The van der Waals surface area contributed by atoms with Gasteiger partial charge in [0.05, 0.1) is 6.04 Å². The van der Waals surface area contributed by atoms with E-state index in [1.807, 2.05) is 25.7 Å². The summed E-state index contributed by atoms with van der Waals surface area (Å²) in [6.07, 6.45) is 2.17. The first kappa shape index (κ1) is 23.0. The Morgan fingerprint density at radius 3 is 2.43 bits per heavy atom. The van der Waals surface area contributed by atoms with Gasteiger partial charge in [0, 0.05) is 35.4 Å². The van der Waals surface area contributed by atoms with Crippen molar-refractivity contribution in [2.24, 2.45) is 5.92 Å². The zero-order valence-corrected chi connectivity index (χ0v) is 19.6. The summed E-state index contributed by atoms with van der Waals surface area (Å²) in [5.74, 6) is 0.368. The van der Waals surface area contributed by atoms with E-state index in [4.69, 9.17) is 27.9 Å². The molecule has 6 nitrogen and oxygen atoms in total. The highest BCUT2D eigenvalue weighted by molar-refractivity contribution is 6.35. The number of carbonyl (C=O) groups excluding carboxylic acids is 2. The summed E-state index contributed by atoms with van der Waals surface area (Å²) >= 11 is 12.2. The van der Waals surface area contributed by atoms with Gasteiger partial charge in [-0.3, -0.25) is 4.79 Å². The Labute approximate surface area is 188 Å². The van der Waals surface area contributed by atoms with Crippen LogP contribution in [0.15, 0.2) is 18.2 Å². The molecule has 2 heterocycles. The molecule has 2 saturated heterocycles. The average molecular weight is 456 g/mol. The maximum absolute atomic E-state index is 13.3. The fourth-order valence-corrected chi connectivity index (χ4v) is 4.67. The maximum Gasteiger partial charge on any atom is 0.410 e. The number of piperidine rings is 2. The van der Waals surface area contributed by atoms with Crippen molar-refractivity contribution in [1.29, 1.82) is 0 Å². The molecule has 3 atom stereocenters. The Morgan fingerprint density at radius 2 is 1.80 bits per heavy atom. The first-order chi connectivity index (χ1) is 14.0. The minimum absolute atomic E-state index is 0.0219. The van der Waals surface area contributed by atoms with Gasteiger partial charge >= 0.3 is 6.09 Å². The molecule has 0 radical (unpaired) electrons. The van der Waals surface area contributed by atoms with Gasteiger partial charge in [-0.25, -0.2) is 4.79 Å². The fraction of sp³-hybridized carbons (Fsp3) is 0.636. The Morgan fingerprint density at radius 1 is 1.13 bits per heavy atom. The van der Waals surface area contributed by atoms with Crippen molar-refractivity contribution < 1.29 is 14.3 Å². The van der Waals surface area contributed by atoms with Gasteiger partial charge in [0.15, 0.2) is 0 Å². The molecule has 0 aromatic heterocycles. The molecule has 1 N–H and O–H groups in total. The van der Waals surface area contributed by atoms with Gasteiger partial charge in [0.25, 0.3) is 0 Å². The van der Waals surface area contributed by atoms with Gasteiger partial charge in [0.1, 0.15) is 11.6 Å². The molecule has 8 heteroatoms. The number of anilines is 1. The lowest BCUT2D eigenvalue weighted by molar-refractivity contribution is -0.139. The predicted octanol–water partition coefficient (Wildman–Crippen LogP) is 5.04. The predicted molar refractivity (Wildman–Crippen MR) is 120 cm³/mol. The van der Waals surface area contributed by atoms with Crippen molar-refractivity contribution in [3.8, 4) is 0 Å². The lowest BCUT2D eigenvalue weighted by atomic mass is 9.90. The van der Waals surface area contributed by atoms with Crippen LogP contribution in [0.4, 0.5) is 10.5 Å². The molecule has 2 aliphatic rings. The molecule has 0 bridgehead atoms.